The van der Waals surface area contributed by atoms with Gasteiger partial charge in [-0.2, -0.15) is 0 Å². The molecule has 5 nitrogen and oxygen atoms in total. The molecule has 1 saturated carbocycles. The van der Waals surface area contributed by atoms with Crippen molar-refractivity contribution >= 4 is 29.0 Å². The van der Waals surface area contributed by atoms with Crippen molar-refractivity contribution in [3.05, 3.63) is 59.2 Å². The van der Waals surface area contributed by atoms with Crippen molar-refractivity contribution in [1.29, 1.82) is 0 Å². The molecule has 5 heteroatoms. The number of anilines is 2. The number of para-hydroxylation sites is 1. The Hall–Kier alpha value is -2.95. The number of carbonyl (C=O) groups excluding carboxylic acids is 3. The number of hydrogen-bond acceptors (Lipinski definition) is 3. The lowest BCUT2D eigenvalue weighted by Crippen LogP contribution is -2.36. The Balaban J connectivity index is 1.73. The number of ketones is 1. The largest absolute Gasteiger partial charge is 0.325 e. The summed E-state index contributed by atoms with van der Waals surface area (Å²) in [6, 6.07) is 12.6. The fraction of sp³-hybridized carbons (Fsp3) is 0.318. The molecule has 2 N–H and O–H groups in total. The molecule has 0 bridgehead atoms. The van der Waals surface area contributed by atoms with Gasteiger partial charge in [0.1, 0.15) is 5.41 Å². The van der Waals surface area contributed by atoms with Gasteiger partial charge in [-0.25, -0.2) is 0 Å². The third-order valence-corrected chi connectivity index (χ3v) is 5.15. The molecule has 0 saturated heterocycles. The van der Waals surface area contributed by atoms with Crippen molar-refractivity contribution in [2.75, 3.05) is 10.6 Å². The summed E-state index contributed by atoms with van der Waals surface area (Å²) >= 11 is 0. The van der Waals surface area contributed by atoms with Crippen LogP contribution in [0.2, 0.25) is 0 Å². The molecule has 3 rings (SSSR count). The molecule has 2 aromatic carbocycles. The molecule has 0 unspecified atom stereocenters. The Morgan fingerprint density at radius 2 is 1.59 bits per heavy atom. The van der Waals surface area contributed by atoms with Crippen LogP contribution in [0.25, 0.3) is 0 Å². The molecule has 0 atom stereocenters. The lowest BCUT2D eigenvalue weighted by Gasteiger charge is -2.18. The highest BCUT2D eigenvalue weighted by Gasteiger charge is 2.56. The molecule has 0 aromatic heterocycles. The van der Waals surface area contributed by atoms with Crippen LogP contribution < -0.4 is 10.6 Å². The Labute approximate surface area is 159 Å². The first-order valence-electron chi connectivity index (χ1n) is 9.20. The Kier molecular flexibility index (Phi) is 5.13. The second-order valence-corrected chi connectivity index (χ2v) is 7.09. The molecule has 2 aromatic rings. The van der Waals surface area contributed by atoms with Crippen molar-refractivity contribution < 1.29 is 14.4 Å². The molecule has 1 fully saturated rings. The van der Waals surface area contributed by atoms with Gasteiger partial charge in [0.2, 0.25) is 11.8 Å². The van der Waals surface area contributed by atoms with Gasteiger partial charge in [-0.1, -0.05) is 25.1 Å². The minimum atomic E-state index is -1.02. The van der Waals surface area contributed by atoms with E-state index in [4.69, 9.17) is 0 Å². The van der Waals surface area contributed by atoms with E-state index in [1.807, 2.05) is 32.0 Å². The summed E-state index contributed by atoms with van der Waals surface area (Å²) in [5.41, 5.74) is 2.98. The van der Waals surface area contributed by atoms with E-state index >= 15 is 0 Å². The molecular formula is C22H24N2O3. The quantitative estimate of drug-likeness (QED) is 0.598. The van der Waals surface area contributed by atoms with Crippen LogP contribution in [0.3, 0.4) is 0 Å². The topological polar surface area (TPSA) is 75.3 Å². The summed E-state index contributed by atoms with van der Waals surface area (Å²) in [6.45, 7) is 5.48. The van der Waals surface area contributed by atoms with E-state index in [-0.39, 0.29) is 17.6 Å². The summed E-state index contributed by atoms with van der Waals surface area (Å²) in [5.74, 6) is -0.595. The number of hydrogen-bond donors (Lipinski definition) is 2. The van der Waals surface area contributed by atoms with Crippen molar-refractivity contribution in [3.8, 4) is 0 Å². The first-order valence-corrected chi connectivity index (χ1v) is 9.20. The molecule has 140 valence electrons. The van der Waals surface area contributed by atoms with E-state index in [1.165, 1.54) is 6.92 Å². The van der Waals surface area contributed by atoms with Crippen molar-refractivity contribution in [1.82, 2.24) is 0 Å². The standard InChI is InChI=1S/C22H24N2O3/c1-4-16-7-5-6-14(2)19(16)24-21(27)22(12-13-22)20(26)23-18-10-8-17(9-11-18)15(3)25/h5-11H,4,12-13H2,1-3H3,(H,23,26)(H,24,27). The van der Waals surface area contributed by atoms with Crippen molar-refractivity contribution in [2.45, 2.75) is 40.0 Å². The number of nitrogens with one attached hydrogen (secondary N) is 2. The summed E-state index contributed by atoms with van der Waals surface area (Å²) in [6.07, 6.45) is 1.87. The van der Waals surface area contributed by atoms with E-state index in [2.05, 4.69) is 10.6 Å². The van der Waals surface area contributed by atoms with Gasteiger partial charge >= 0.3 is 0 Å². The molecule has 1 aliphatic rings. The third-order valence-electron chi connectivity index (χ3n) is 5.15. The maximum absolute atomic E-state index is 12.9. The maximum atomic E-state index is 12.9. The first kappa shape index (κ1) is 18.8. The fourth-order valence-electron chi connectivity index (χ4n) is 3.16. The second kappa shape index (κ2) is 7.35. The molecule has 2 amide bonds. The summed E-state index contributed by atoms with van der Waals surface area (Å²) in [5, 5.41) is 5.79. The number of rotatable bonds is 6. The van der Waals surface area contributed by atoms with Gasteiger partial charge < -0.3 is 10.6 Å². The van der Waals surface area contributed by atoms with Crippen molar-refractivity contribution in [3.63, 3.8) is 0 Å². The SMILES string of the molecule is CCc1cccc(C)c1NC(=O)C1(C(=O)Nc2ccc(C(C)=O)cc2)CC1. The Morgan fingerprint density at radius 1 is 0.963 bits per heavy atom. The second-order valence-electron chi connectivity index (χ2n) is 7.09. The zero-order chi connectivity index (χ0) is 19.6. The highest BCUT2D eigenvalue weighted by Crippen LogP contribution is 2.47. The average molecular weight is 364 g/mol. The molecule has 0 heterocycles. The summed E-state index contributed by atoms with van der Waals surface area (Å²) in [4.78, 5) is 37.0. The number of aryl methyl sites for hydroxylation is 2. The van der Waals surface area contributed by atoms with E-state index < -0.39 is 5.41 Å². The highest BCUT2D eigenvalue weighted by molar-refractivity contribution is 6.17. The zero-order valence-electron chi connectivity index (χ0n) is 15.9. The van der Waals surface area contributed by atoms with Gasteiger partial charge in [0.15, 0.2) is 5.78 Å². The molecule has 1 aliphatic carbocycles. The van der Waals surface area contributed by atoms with Gasteiger partial charge in [0, 0.05) is 16.9 Å². The minimum absolute atomic E-state index is 0.0316. The van der Waals surface area contributed by atoms with Gasteiger partial charge in [-0.3, -0.25) is 14.4 Å². The Morgan fingerprint density at radius 3 is 2.15 bits per heavy atom. The van der Waals surface area contributed by atoms with Gasteiger partial charge in [0.05, 0.1) is 0 Å². The lowest BCUT2D eigenvalue weighted by molar-refractivity contribution is -0.131. The molecular weight excluding hydrogens is 340 g/mol. The van der Waals surface area contributed by atoms with Crippen LogP contribution >= 0.6 is 0 Å². The first-order chi connectivity index (χ1) is 12.9. The van der Waals surface area contributed by atoms with E-state index in [0.717, 1.165) is 23.2 Å². The number of amides is 2. The van der Waals surface area contributed by atoms with E-state index in [9.17, 15) is 14.4 Å². The fourth-order valence-corrected chi connectivity index (χ4v) is 3.16. The van der Waals surface area contributed by atoms with Crippen LogP contribution in [0.1, 0.15) is 48.2 Å². The number of benzene rings is 2. The molecule has 0 radical (unpaired) electrons. The van der Waals surface area contributed by atoms with Crippen LogP contribution in [0.4, 0.5) is 11.4 Å². The van der Waals surface area contributed by atoms with E-state index in [0.29, 0.717) is 24.1 Å². The monoisotopic (exact) mass is 364 g/mol. The van der Waals surface area contributed by atoms with Gasteiger partial charge in [-0.05, 0) is 68.5 Å². The van der Waals surface area contributed by atoms with Crippen molar-refractivity contribution in [2.24, 2.45) is 5.41 Å². The maximum Gasteiger partial charge on any atom is 0.240 e. The van der Waals surface area contributed by atoms with Crippen LogP contribution in [-0.4, -0.2) is 17.6 Å². The predicted molar refractivity (Wildman–Crippen MR) is 106 cm³/mol. The van der Waals surface area contributed by atoms with Gasteiger partial charge in [-0.15, -0.1) is 0 Å². The number of carbonyl (C=O) groups is 3. The van der Waals surface area contributed by atoms with Crippen LogP contribution in [0, 0.1) is 12.3 Å². The minimum Gasteiger partial charge on any atom is -0.325 e. The van der Waals surface area contributed by atoms with Crippen LogP contribution in [0.15, 0.2) is 42.5 Å². The summed E-state index contributed by atoms with van der Waals surface area (Å²) < 4.78 is 0. The van der Waals surface area contributed by atoms with Crippen LogP contribution in [-0.2, 0) is 16.0 Å². The molecule has 0 spiro atoms. The number of Topliss-reactive ketones (excluding diaryl/α,β-unsaturated/α-hetero) is 1. The Bertz CT molecular complexity index is 896. The normalized spacial score (nSPS) is 14.3. The van der Waals surface area contributed by atoms with Gasteiger partial charge in [0.25, 0.3) is 0 Å². The highest BCUT2D eigenvalue weighted by atomic mass is 16.2. The summed E-state index contributed by atoms with van der Waals surface area (Å²) in [7, 11) is 0. The van der Waals surface area contributed by atoms with E-state index in [1.54, 1.807) is 24.3 Å². The zero-order valence-corrected chi connectivity index (χ0v) is 15.9. The molecule has 0 aliphatic heterocycles. The van der Waals surface area contributed by atoms with Crippen LogP contribution in [0.5, 0.6) is 0 Å². The third kappa shape index (κ3) is 3.77. The predicted octanol–water partition coefficient (Wildman–Crippen LogP) is 4.12. The average Bonchev–Trinajstić information content (AvgIpc) is 3.46. The lowest BCUT2D eigenvalue weighted by atomic mass is 10.0. The smallest absolute Gasteiger partial charge is 0.240 e. The molecule has 27 heavy (non-hydrogen) atoms.